The van der Waals surface area contributed by atoms with Crippen LogP contribution in [0.4, 0.5) is 0 Å². The summed E-state index contributed by atoms with van der Waals surface area (Å²) >= 11 is 3.39. The van der Waals surface area contributed by atoms with Crippen molar-refractivity contribution in [2.75, 3.05) is 13.1 Å². The Morgan fingerprint density at radius 2 is 2.00 bits per heavy atom. The molecule has 1 saturated heterocycles. The van der Waals surface area contributed by atoms with Crippen molar-refractivity contribution < 1.29 is 4.74 Å². The lowest BCUT2D eigenvalue weighted by molar-refractivity contribution is 0.317. The van der Waals surface area contributed by atoms with E-state index in [0.29, 0.717) is 6.04 Å². The van der Waals surface area contributed by atoms with Gasteiger partial charge in [-0.25, -0.2) is 0 Å². The fourth-order valence-corrected chi connectivity index (χ4v) is 1.94. The van der Waals surface area contributed by atoms with Crippen molar-refractivity contribution in [3.05, 3.63) is 41.1 Å². The maximum Gasteiger partial charge on any atom is 0.165 e. The smallest absolute Gasteiger partial charge is 0.165 e. The number of nitrogens with one attached hydrogen (secondary N) is 1. The Hall–Kier alpha value is -1.33. The summed E-state index contributed by atoms with van der Waals surface area (Å²) in [6.45, 7) is 1.97. The van der Waals surface area contributed by atoms with Crippen LogP contribution in [0.3, 0.4) is 0 Å². The molecule has 4 nitrogen and oxygen atoms in total. The van der Waals surface area contributed by atoms with E-state index in [4.69, 9.17) is 4.74 Å². The summed E-state index contributed by atoms with van der Waals surface area (Å²) in [5.41, 5.74) is 0. The Labute approximate surface area is 108 Å². The molecule has 0 unspecified atom stereocenters. The lowest BCUT2D eigenvalue weighted by Crippen LogP contribution is -2.43. The molecule has 0 radical (unpaired) electrons. The highest BCUT2D eigenvalue weighted by molar-refractivity contribution is 9.10. The van der Waals surface area contributed by atoms with E-state index in [1.165, 1.54) is 0 Å². The molecule has 1 aromatic carbocycles. The van der Waals surface area contributed by atoms with Crippen molar-refractivity contribution in [3.8, 4) is 11.5 Å². The maximum atomic E-state index is 5.71. The van der Waals surface area contributed by atoms with Crippen LogP contribution < -0.4 is 10.1 Å². The van der Waals surface area contributed by atoms with Gasteiger partial charge in [-0.2, -0.15) is 5.10 Å². The quantitative estimate of drug-likeness (QED) is 0.945. The largest absolute Gasteiger partial charge is 0.454 e. The zero-order valence-corrected chi connectivity index (χ0v) is 10.7. The Morgan fingerprint density at radius 1 is 1.24 bits per heavy atom. The summed E-state index contributed by atoms with van der Waals surface area (Å²) in [6, 6.07) is 8.22. The molecule has 88 valence electrons. The molecular weight excluding hydrogens is 282 g/mol. The maximum absolute atomic E-state index is 5.71. The summed E-state index contributed by atoms with van der Waals surface area (Å²) in [6.07, 6.45) is 3.69. The first kappa shape index (κ1) is 10.8. The van der Waals surface area contributed by atoms with Crippen molar-refractivity contribution in [1.82, 2.24) is 15.1 Å². The monoisotopic (exact) mass is 293 g/mol. The summed E-state index contributed by atoms with van der Waals surface area (Å²) in [4.78, 5) is 0. The van der Waals surface area contributed by atoms with Crippen LogP contribution in [0.25, 0.3) is 0 Å². The van der Waals surface area contributed by atoms with E-state index >= 15 is 0 Å². The van der Waals surface area contributed by atoms with Gasteiger partial charge in [-0.05, 0) is 24.3 Å². The number of ether oxygens (including phenoxy) is 1. The average Bonchev–Trinajstić information content (AvgIpc) is 2.67. The second-order valence-corrected chi connectivity index (χ2v) is 4.94. The molecule has 17 heavy (non-hydrogen) atoms. The number of benzene rings is 1. The zero-order chi connectivity index (χ0) is 11.7. The molecule has 0 bridgehead atoms. The predicted molar refractivity (Wildman–Crippen MR) is 68.3 cm³/mol. The molecule has 1 aliphatic heterocycles. The minimum Gasteiger partial charge on any atom is -0.454 e. The number of rotatable bonds is 3. The molecule has 0 aliphatic carbocycles. The first-order valence-electron chi connectivity index (χ1n) is 5.49. The molecular formula is C12H12BrN3O. The highest BCUT2D eigenvalue weighted by Crippen LogP contribution is 2.24. The molecule has 2 aromatic rings. The molecule has 0 saturated carbocycles. The standard InChI is InChI=1S/C12H12BrN3O/c13-9-1-3-11(4-2-9)17-12-7-15-16(8-12)10-5-14-6-10/h1-4,7-8,10,14H,5-6H2. The van der Waals surface area contributed by atoms with Gasteiger partial charge in [-0.3, -0.25) is 4.68 Å². The van der Waals surface area contributed by atoms with Crippen LogP contribution >= 0.6 is 15.9 Å². The van der Waals surface area contributed by atoms with Gasteiger partial charge in [0.05, 0.1) is 18.4 Å². The SMILES string of the molecule is Brc1ccc(Oc2cnn(C3CNC3)c2)cc1. The van der Waals surface area contributed by atoms with E-state index in [1.807, 2.05) is 35.1 Å². The van der Waals surface area contributed by atoms with E-state index in [2.05, 4.69) is 26.3 Å². The molecule has 0 spiro atoms. The lowest BCUT2D eigenvalue weighted by Gasteiger charge is -2.26. The lowest BCUT2D eigenvalue weighted by atomic mass is 10.2. The average molecular weight is 294 g/mol. The van der Waals surface area contributed by atoms with Crippen LogP contribution in [-0.2, 0) is 0 Å². The highest BCUT2D eigenvalue weighted by atomic mass is 79.9. The number of halogens is 1. The molecule has 0 amide bonds. The van der Waals surface area contributed by atoms with Crippen molar-refractivity contribution in [2.24, 2.45) is 0 Å². The van der Waals surface area contributed by atoms with E-state index in [0.717, 1.165) is 29.1 Å². The fourth-order valence-electron chi connectivity index (χ4n) is 1.67. The number of aromatic nitrogens is 2. The molecule has 1 fully saturated rings. The summed E-state index contributed by atoms with van der Waals surface area (Å²) < 4.78 is 8.70. The van der Waals surface area contributed by atoms with Gasteiger partial charge in [0.25, 0.3) is 0 Å². The fraction of sp³-hybridized carbons (Fsp3) is 0.250. The van der Waals surface area contributed by atoms with Gasteiger partial charge in [-0.15, -0.1) is 0 Å². The Kier molecular flexibility index (Phi) is 2.86. The summed E-state index contributed by atoms with van der Waals surface area (Å²) in [7, 11) is 0. The molecule has 3 rings (SSSR count). The Morgan fingerprint density at radius 3 is 2.65 bits per heavy atom. The van der Waals surface area contributed by atoms with Crippen molar-refractivity contribution in [2.45, 2.75) is 6.04 Å². The first-order valence-corrected chi connectivity index (χ1v) is 6.29. The normalized spacial score (nSPS) is 15.6. The third-order valence-corrected chi connectivity index (χ3v) is 3.29. The van der Waals surface area contributed by atoms with E-state index < -0.39 is 0 Å². The van der Waals surface area contributed by atoms with Crippen LogP contribution in [0.15, 0.2) is 41.1 Å². The molecule has 1 aliphatic rings. The predicted octanol–water partition coefficient (Wildman–Crippen LogP) is 2.58. The second-order valence-electron chi connectivity index (χ2n) is 4.02. The molecule has 1 N–H and O–H groups in total. The van der Waals surface area contributed by atoms with Crippen LogP contribution in [0.2, 0.25) is 0 Å². The van der Waals surface area contributed by atoms with Crippen LogP contribution in [-0.4, -0.2) is 22.9 Å². The third-order valence-electron chi connectivity index (χ3n) is 2.76. The van der Waals surface area contributed by atoms with Crippen LogP contribution in [0, 0.1) is 0 Å². The minimum atomic E-state index is 0.470. The van der Waals surface area contributed by atoms with Crippen molar-refractivity contribution in [1.29, 1.82) is 0 Å². The number of hydrogen-bond acceptors (Lipinski definition) is 3. The van der Waals surface area contributed by atoms with Crippen LogP contribution in [0.5, 0.6) is 11.5 Å². The zero-order valence-electron chi connectivity index (χ0n) is 9.14. The molecule has 5 heteroatoms. The van der Waals surface area contributed by atoms with Gasteiger partial charge in [0.2, 0.25) is 0 Å². The van der Waals surface area contributed by atoms with Gasteiger partial charge in [0.1, 0.15) is 5.75 Å². The van der Waals surface area contributed by atoms with E-state index in [9.17, 15) is 0 Å². The van der Waals surface area contributed by atoms with Crippen molar-refractivity contribution in [3.63, 3.8) is 0 Å². The third kappa shape index (κ3) is 2.35. The summed E-state index contributed by atoms with van der Waals surface area (Å²) in [5.74, 6) is 1.60. The van der Waals surface area contributed by atoms with Crippen LogP contribution in [0.1, 0.15) is 6.04 Å². The molecule has 2 heterocycles. The molecule has 1 aromatic heterocycles. The topological polar surface area (TPSA) is 39.1 Å². The van der Waals surface area contributed by atoms with Crippen molar-refractivity contribution >= 4 is 15.9 Å². The van der Waals surface area contributed by atoms with Gasteiger partial charge in [0, 0.05) is 17.6 Å². The minimum absolute atomic E-state index is 0.470. The Bertz CT molecular complexity index is 505. The van der Waals surface area contributed by atoms with E-state index in [-0.39, 0.29) is 0 Å². The van der Waals surface area contributed by atoms with E-state index in [1.54, 1.807) is 6.20 Å². The highest BCUT2D eigenvalue weighted by Gasteiger charge is 2.19. The van der Waals surface area contributed by atoms with Gasteiger partial charge in [-0.1, -0.05) is 15.9 Å². The number of hydrogen-bond donors (Lipinski definition) is 1. The van der Waals surface area contributed by atoms with Gasteiger partial charge < -0.3 is 10.1 Å². The summed E-state index contributed by atoms with van der Waals surface area (Å²) in [5, 5.41) is 7.51. The second kappa shape index (κ2) is 4.50. The van der Waals surface area contributed by atoms with Gasteiger partial charge in [0.15, 0.2) is 5.75 Å². The first-order chi connectivity index (χ1) is 8.31. The van der Waals surface area contributed by atoms with Gasteiger partial charge >= 0.3 is 0 Å². The number of nitrogens with zero attached hydrogens (tertiary/aromatic N) is 2. The molecule has 0 atom stereocenters. The Balaban J connectivity index is 1.72.